The summed E-state index contributed by atoms with van der Waals surface area (Å²) in [6, 6.07) is 9.64. The Balaban J connectivity index is 1.47. The second-order valence-electron chi connectivity index (χ2n) is 4.62. The highest BCUT2D eigenvalue weighted by atomic mass is 32.1. The molecule has 0 aliphatic rings. The molecule has 4 nitrogen and oxygen atoms in total. The van der Waals surface area contributed by atoms with E-state index in [0.717, 1.165) is 10.6 Å². The zero-order chi connectivity index (χ0) is 16.1. The van der Waals surface area contributed by atoms with E-state index < -0.39 is 0 Å². The molecular formula is C16H13FN2O2S2. The molecule has 3 aromatic rings. The van der Waals surface area contributed by atoms with Gasteiger partial charge < -0.3 is 10.1 Å². The van der Waals surface area contributed by atoms with Gasteiger partial charge in [-0.15, -0.1) is 22.7 Å². The first-order valence-electron chi connectivity index (χ1n) is 6.88. The van der Waals surface area contributed by atoms with E-state index in [-0.39, 0.29) is 24.8 Å². The van der Waals surface area contributed by atoms with Gasteiger partial charge in [0.1, 0.15) is 11.6 Å². The standard InChI is InChI=1S/C16H13FN2O2S2/c17-11-3-5-12(6-4-11)21-8-7-15(20)19-16-18-13(10-23-16)14-2-1-9-22-14/h1-6,9-10H,7-8H2,(H,18,19,20). The van der Waals surface area contributed by atoms with Gasteiger partial charge in [0, 0.05) is 5.38 Å². The lowest BCUT2D eigenvalue weighted by Gasteiger charge is -2.05. The Hall–Kier alpha value is -2.25. The molecule has 0 saturated carbocycles. The van der Waals surface area contributed by atoms with Crippen LogP contribution >= 0.6 is 22.7 Å². The molecule has 23 heavy (non-hydrogen) atoms. The van der Waals surface area contributed by atoms with Crippen LogP contribution in [0.1, 0.15) is 6.42 Å². The fourth-order valence-corrected chi connectivity index (χ4v) is 3.33. The van der Waals surface area contributed by atoms with Gasteiger partial charge in [-0.05, 0) is 35.7 Å². The highest BCUT2D eigenvalue weighted by molar-refractivity contribution is 7.16. The Kier molecular flexibility index (Phi) is 4.99. The predicted molar refractivity (Wildman–Crippen MR) is 90.6 cm³/mol. The van der Waals surface area contributed by atoms with Gasteiger partial charge in [0.2, 0.25) is 5.91 Å². The van der Waals surface area contributed by atoms with Crippen molar-refractivity contribution in [1.29, 1.82) is 0 Å². The SMILES string of the molecule is O=C(CCOc1ccc(F)cc1)Nc1nc(-c2cccs2)cs1. The summed E-state index contributed by atoms with van der Waals surface area (Å²) in [4.78, 5) is 17.3. The fourth-order valence-electron chi connectivity index (χ4n) is 1.84. The number of nitrogens with zero attached hydrogens (tertiary/aromatic N) is 1. The first-order chi connectivity index (χ1) is 11.2. The van der Waals surface area contributed by atoms with Gasteiger partial charge >= 0.3 is 0 Å². The number of hydrogen-bond donors (Lipinski definition) is 1. The third kappa shape index (κ3) is 4.37. The Morgan fingerprint density at radius 2 is 2.04 bits per heavy atom. The van der Waals surface area contributed by atoms with Crippen LogP contribution in [0.5, 0.6) is 5.75 Å². The number of benzene rings is 1. The highest BCUT2D eigenvalue weighted by Gasteiger charge is 2.09. The number of halogens is 1. The number of carbonyl (C=O) groups excluding carboxylic acids is 1. The number of thiophene rings is 1. The predicted octanol–water partition coefficient (Wildman–Crippen LogP) is 4.42. The van der Waals surface area contributed by atoms with Crippen molar-refractivity contribution in [1.82, 2.24) is 4.98 Å². The summed E-state index contributed by atoms with van der Waals surface area (Å²) in [5.41, 5.74) is 0.864. The van der Waals surface area contributed by atoms with Crippen LogP contribution < -0.4 is 10.1 Å². The minimum absolute atomic E-state index is 0.167. The minimum atomic E-state index is -0.319. The molecule has 0 aliphatic heterocycles. The van der Waals surface area contributed by atoms with E-state index in [2.05, 4.69) is 10.3 Å². The molecule has 2 heterocycles. The van der Waals surface area contributed by atoms with E-state index in [4.69, 9.17) is 4.74 Å². The fraction of sp³-hybridized carbons (Fsp3) is 0.125. The molecule has 0 fully saturated rings. The third-order valence-corrected chi connectivity index (χ3v) is 4.59. The van der Waals surface area contributed by atoms with E-state index in [1.165, 1.54) is 35.6 Å². The molecule has 0 aliphatic carbocycles. The molecule has 0 unspecified atom stereocenters. The largest absolute Gasteiger partial charge is 0.493 e. The lowest BCUT2D eigenvalue weighted by molar-refractivity contribution is -0.116. The lowest BCUT2D eigenvalue weighted by atomic mass is 10.3. The second kappa shape index (κ2) is 7.34. The maximum absolute atomic E-state index is 12.8. The first kappa shape index (κ1) is 15.6. The number of hydrogen-bond acceptors (Lipinski definition) is 5. The molecular weight excluding hydrogens is 335 g/mol. The van der Waals surface area contributed by atoms with Crippen molar-refractivity contribution in [2.24, 2.45) is 0 Å². The van der Waals surface area contributed by atoms with Crippen molar-refractivity contribution in [3.05, 3.63) is 53.0 Å². The molecule has 1 aromatic carbocycles. The van der Waals surface area contributed by atoms with Crippen LogP contribution in [-0.4, -0.2) is 17.5 Å². The number of rotatable bonds is 6. The molecule has 0 saturated heterocycles. The van der Waals surface area contributed by atoms with Crippen molar-refractivity contribution in [2.75, 3.05) is 11.9 Å². The van der Waals surface area contributed by atoms with Crippen molar-refractivity contribution in [2.45, 2.75) is 6.42 Å². The first-order valence-corrected chi connectivity index (χ1v) is 8.64. The van der Waals surface area contributed by atoms with Crippen LogP contribution in [0.3, 0.4) is 0 Å². The van der Waals surface area contributed by atoms with E-state index in [0.29, 0.717) is 10.9 Å². The molecule has 0 bridgehead atoms. The topological polar surface area (TPSA) is 51.2 Å². The number of aromatic nitrogens is 1. The summed E-state index contributed by atoms with van der Waals surface area (Å²) in [6.07, 6.45) is 0.200. The Morgan fingerprint density at radius 3 is 2.78 bits per heavy atom. The van der Waals surface area contributed by atoms with Crippen LogP contribution in [0.15, 0.2) is 47.2 Å². The third-order valence-electron chi connectivity index (χ3n) is 2.94. The van der Waals surface area contributed by atoms with Gasteiger partial charge in [0.05, 0.1) is 23.6 Å². The minimum Gasteiger partial charge on any atom is -0.493 e. The number of anilines is 1. The summed E-state index contributed by atoms with van der Waals surface area (Å²) in [5, 5.41) is 7.22. The molecule has 7 heteroatoms. The summed E-state index contributed by atoms with van der Waals surface area (Å²) in [5.74, 6) is 0.0491. The molecule has 1 amide bonds. The van der Waals surface area contributed by atoms with E-state index in [1.54, 1.807) is 11.3 Å². The average molecular weight is 348 g/mol. The Bertz CT molecular complexity index is 770. The summed E-state index contributed by atoms with van der Waals surface area (Å²) in [7, 11) is 0. The van der Waals surface area contributed by atoms with Gasteiger partial charge in [0.15, 0.2) is 5.13 Å². The summed E-state index contributed by atoms with van der Waals surface area (Å²) in [6.45, 7) is 0.223. The van der Waals surface area contributed by atoms with Crippen LogP contribution in [0.25, 0.3) is 10.6 Å². The summed E-state index contributed by atoms with van der Waals surface area (Å²) >= 11 is 2.99. The maximum Gasteiger partial charge on any atom is 0.229 e. The van der Waals surface area contributed by atoms with Crippen molar-refractivity contribution >= 4 is 33.7 Å². The quantitative estimate of drug-likeness (QED) is 0.717. The number of nitrogens with one attached hydrogen (secondary N) is 1. The van der Waals surface area contributed by atoms with Crippen molar-refractivity contribution in [3.63, 3.8) is 0 Å². The number of thiazole rings is 1. The lowest BCUT2D eigenvalue weighted by Crippen LogP contribution is -2.15. The van der Waals surface area contributed by atoms with Crippen LogP contribution in [0.2, 0.25) is 0 Å². The van der Waals surface area contributed by atoms with Gasteiger partial charge in [0.25, 0.3) is 0 Å². The normalized spacial score (nSPS) is 10.5. The van der Waals surface area contributed by atoms with Crippen LogP contribution in [0.4, 0.5) is 9.52 Å². The van der Waals surface area contributed by atoms with E-state index in [9.17, 15) is 9.18 Å². The molecule has 2 aromatic heterocycles. The number of carbonyl (C=O) groups is 1. The van der Waals surface area contributed by atoms with Crippen LogP contribution in [0, 0.1) is 5.82 Å². The monoisotopic (exact) mass is 348 g/mol. The Morgan fingerprint density at radius 1 is 1.22 bits per heavy atom. The smallest absolute Gasteiger partial charge is 0.229 e. The zero-order valence-corrected chi connectivity index (χ0v) is 13.6. The van der Waals surface area contributed by atoms with Gasteiger partial charge in [-0.1, -0.05) is 6.07 Å². The molecule has 1 N–H and O–H groups in total. The van der Waals surface area contributed by atoms with Crippen molar-refractivity contribution in [3.8, 4) is 16.3 Å². The van der Waals surface area contributed by atoms with Crippen LogP contribution in [-0.2, 0) is 4.79 Å². The van der Waals surface area contributed by atoms with E-state index >= 15 is 0 Å². The molecule has 0 atom stereocenters. The Labute approximate surface area is 140 Å². The maximum atomic E-state index is 12.8. The zero-order valence-electron chi connectivity index (χ0n) is 12.0. The molecule has 3 rings (SSSR count). The molecule has 0 spiro atoms. The summed E-state index contributed by atoms with van der Waals surface area (Å²) < 4.78 is 18.1. The number of amides is 1. The van der Waals surface area contributed by atoms with Crippen molar-refractivity contribution < 1.29 is 13.9 Å². The van der Waals surface area contributed by atoms with Gasteiger partial charge in [-0.25, -0.2) is 9.37 Å². The second-order valence-corrected chi connectivity index (χ2v) is 6.42. The molecule has 0 radical (unpaired) electrons. The number of ether oxygens (including phenoxy) is 1. The molecule has 118 valence electrons. The highest BCUT2D eigenvalue weighted by Crippen LogP contribution is 2.28. The van der Waals surface area contributed by atoms with E-state index in [1.807, 2.05) is 22.9 Å². The van der Waals surface area contributed by atoms with Gasteiger partial charge in [-0.3, -0.25) is 4.79 Å². The average Bonchev–Trinajstić information content (AvgIpc) is 3.20. The van der Waals surface area contributed by atoms with Gasteiger partial charge in [-0.2, -0.15) is 0 Å².